The molecule has 0 amide bonds. The first-order chi connectivity index (χ1) is 9.36. The average Bonchev–Trinajstić information content (AvgIpc) is 2.98. The first-order valence-electron chi connectivity index (χ1n) is 5.33. The molecule has 3 aromatic rings. The summed E-state index contributed by atoms with van der Waals surface area (Å²) in [6, 6.07) is 6.96. The highest BCUT2D eigenvalue weighted by molar-refractivity contribution is 5.54. The highest BCUT2D eigenvalue weighted by Crippen LogP contribution is 2.18. The van der Waals surface area contributed by atoms with Crippen LogP contribution in [-0.4, -0.2) is 25.1 Å². The molecule has 0 atom stereocenters. The third-order valence-electron chi connectivity index (χ3n) is 2.35. The van der Waals surface area contributed by atoms with Gasteiger partial charge in [0.05, 0.1) is 5.56 Å². The molecule has 0 aromatic carbocycles. The molecule has 0 aliphatic rings. The van der Waals surface area contributed by atoms with Crippen LogP contribution < -0.4 is 0 Å². The molecule has 19 heavy (non-hydrogen) atoms. The quantitative estimate of drug-likeness (QED) is 0.678. The van der Waals surface area contributed by atoms with E-state index in [-0.39, 0.29) is 5.89 Å². The molecule has 0 saturated heterocycles. The van der Waals surface area contributed by atoms with E-state index in [0.29, 0.717) is 22.8 Å². The van der Waals surface area contributed by atoms with E-state index in [2.05, 4.69) is 25.1 Å². The van der Waals surface area contributed by atoms with Gasteiger partial charge in [-0.1, -0.05) is 5.16 Å². The fourth-order valence-electron chi connectivity index (χ4n) is 1.44. The van der Waals surface area contributed by atoms with Crippen LogP contribution >= 0.6 is 0 Å². The van der Waals surface area contributed by atoms with E-state index in [9.17, 15) is 0 Å². The van der Waals surface area contributed by atoms with E-state index < -0.39 is 0 Å². The van der Waals surface area contributed by atoms with Crippen LogP contribution in [0.4, 0.5) is 0 Å². The van der Waals surface area contributed by atoms with Crippen molar-refractivity contribution in [1.29, 1.82) is 5.26 Å². The largest absolute Gasteiger partial charge is 0.332 e. The molecule has 0 bridgehead atoms. The zero-order valence-electron chi connectivity index (χ0n) is 9.56. The Kier molecular flexibility index (Phi) is 2.67. The van der Waals surface area contributed by atoms with Crippen LogP contribution in [0.3, 0.4) is 0 Å². The molecule has 0 fully saturated rings. The maximum Gasteiger partial charge on any atom is 0.276 e. The van der Waals surface area contributed by atoms with Crippen LogP contribution in [0.2, 0.25) is 0 Å². The lowest BCUT2D eigenvalue weighted by Gasteiger charge is -1.92. The predicted molar refractivity (Wildman–Crippen MR) is 63.3 cm³/mol. The molecule has 0 spiro atoms. The van der Waals surface area contributed by atoms with E-state index in [4.69, 9.17) is 9.78 Å². The predicted octanol–water partition coefficient (Wildman–Crippen LogP) is 1.46. The Labute approximate surface area is 107 Å². The summed E-state index contributed by atoms with van der Waals surface area (Å²) >= 11 is 0. The summed E-state index contributed by atoms with van der Waals surface area (Å²) < 4.78 is 5.11. The summed E-state index contributed by atoms with van der Waals surface area (Å²) in [6.07, 6.45) is 4.45. The third-order valence-corrected chi connectivity index (χ3v) is 2.35. The van der Waals surface area contributed by atoms with Crippen LogP contribution in [0.15, 0.2) is 41.4 Å². The minimum absolute atomic E-state index is 0.276. The summed E-state index contributed by atoms with van der Waals surface area (Å²) in [6.45, 7) is 0. The van der Waals surface area contributed by atoms with Crippen molar-refractivity contribution in [3.05, 3.63) is 42.5 Å². The van der Waals surface area contributed by atoms with Gasteiger partial charge in [-0.3, -0.25) is 0 Å². The Bertz CT molecular complexity index is 729. The summed E-state index contributed by atoms with van der Waals surface area (Å²) in [5.41, 5.74) is 1.55. The number of hydrogen-bond acceptors (Lipinski definition) is 7. The number of pyridine rings is 1. The van der Waals surface area contributed by atoms with Crippen LogP contribution in [0.5, 0.6) is 0 Å². The first-order valence-corrected chi connectivity index (χ1v) is 5.33. The van der Waals surface area contributed by atoms with E-state index in [0.717, 1.165) is 0 Å². The minimum atomic E-state index is 0.276. The number of nitriles is 1. The molecule has 7 heteroatoms. The standard InChI is InChI=1S/C12H6N6O/c13-5-8-1-2-10(15-6-8)12-17-11(18-19-12)9-3-4-14-7-16-9/h1-4,6-7H. The van der Waals surface area contributed by atoms with Gasteiger partial charge in [0.15, 0.2) is 0 Å². The van der Waals surface area contributed by atoms with Gasteiger partial charge in [-0.05, 0) is 18.2 Å². The lowest BCUT2D eigenvalue weighted by Crippen LogP contribution is -1.87. The first kappa shape index (κ1) is 11.0. The third kappa shape index (κ3) is 2.14. The average molecular weight is 250 g/mol. The van der Waals surface area contributed by atoms with Gasteiger partial charge in [-0.25, -0.2) is 15.0 Å². The van der Waals surface area contributed by atoms with E-state index in [1.807, 2.05) is 6.07 Å². The van der Waals surface area contributed by atoms with Crippen molar-refractivity contribution in [2.75, 3.05) is 0 Å². The van der Waals surface area contributed by atoms with E-state index in [1.165, 1.54) is 12.5 Å². The molecule has 3 aromatic heterocycles. The van der Waals surface area contributed by atoms with Gasteiger partial charge in [0.25, 0.3) is 5.89 Å². The van der Waals surface area contributed by atoms with Gasteiger partial charge >= 0.3 is 0 Å². The van der Waals surface area contributed by atoms with Gasteiger partial charge in [0.1, 0.15) is 23.8 Å². The molecular formula is C12H6N6O. The van der Waals surface area contributed by atoms with Crippen LogP contribution in [-0.2, 0) is 0 Å². The van der Waals surface area contributed by atoms with Gasteiger partial charge in [-0.15, -0.1) is 0 Å². The second-order valence-electron chi connectivity index (χ2n) is 3.56. The maximum atomic E-state index is 8.70. The van der Waals surface area contributed by atoms with Crippen molar-refractivity contribution < 1.29 is 4.52 Å². The van der Waals surface area contributed by atoms with E-state index >= 15 is 0 Å². The fraction of sp³-hybridized carbons (Fsp3) is 0. The van der Waals surface area contributed by atoms with Gasteiger partial charge in [0, 0.05) is 12.4 Å². The lowest BCUT2D eigenvalue weighted by atomic mass is 10.2. The fourth-order valence-corrected chi connectivity index (χ4v) is 1.44. The number of nitrogens with zero attached hydrogens (tertiary/aromatic N) is 6. The van der Waals surface area contributed by atoms with Crippen molar-refractivity contribution in [1.82, 2.24) is 25.1 Å². The molecule has 0 aliphatic heterocycles. The maximum absolute atomic E-state index is 8.70. The second kappa shape index (κ2) is 4.62. The van der Waals surface area contributed by atoms with Crippen LogP contribution in [0.1, 0.15) is 5.56 Å². The van der Waals surface area contributed by atoms with Crippen molar-refractivity contribution >= 4 is 0 Å². The Morgan fingerprint density at radius 3 is 2.74 bits per heavy atom. The van der Waals surface area contributed by atoms with Crippen LogP contribution in [0, 0.1) is 11.3 Å². The molecule has 0 aliphatic carbocycles. The summed E-state index contributed by atoms with van der Waals surface area (Å²) in [5, 5.41) is 12.5. The highest BCUT2D eigenvalue weighted by Gasteiger charge is 2.12. The molecule has 0 unspecified atom stereocenters. The van der Waals surface area contributed by atoms with Crippen LogP contribution in [0.25, 0.3) is 23.1 Å². The molecule has 0 N–H and O–H groups in total. The summed E-state index contributed by atoms with van der Waals surface area (Å²) in [5.74, 6) is 0.640. The molecule has 3 heterocycles. The molecule has 90 valence electrons. The number of aromatic nitrogens is 5. The normalized spacial score (nSPS) is 10.1. The van der Waals surface area contributed by atoms with Crippen molar-refractivity contribution in [2.24, 2.45) is 0 Å². The Hall–Kier alpha value is -3.14. The molecular weight excluding hydrogens is 244 g/mol. The van der Waals surface area contributed by atoms with Crippen molar-refractivity contribution in [3.8, 4) is 29.2 Å². The zero-order chi connectivity index (χ0) is 13.1. The topological polar surface area (TPSA) is 101 Å². The SMILES string of the molecule is N#Cc1ccc(-c2nc(-c3ccncn3)no2)nc1. The molecule has 0 radical (unpaired) electrons. The minimum Gasteiger partial charge on any atom is -0.332 e. The Morgan fingerprint density at radius 1 is 1.11 bits per heavy atom. The Balaban J connectivity index is 1.95. The Morgan fingerprint density at radius 2 is 2.05 bits per heavy atom. The van der Waals surface area contributed by atoms with Gasteiger partial charge in [0.2, 0.25) is 5.82 Å². The lowest BCUT2D eigenvalue weighted by molar-refractivity contribution is 0.431. The zero-order valence-corrected chi connectivity index (χ0v) is 9.56. The smallest absolute Gasteiger partial charge is 0.276 e. The summed E-state index contributed by atoms with van der Waals surface area (Å²) in [7, 11) is 0. The molecule has 7 nitrogen and oxygen atoms in total. The monoisotopic (exact) mass is 250 g/mol. The number of hydrogen-bond donors (Lipinski definition) is 0. The highest BCUT2D eigenvalue weighted by atomic mass is 16.5. The van der Waals surface area contributed by atoms with Crippen molar-refractivity contribution in [2.45, 2.75) is 0 Å². The molecule has 0 saturated carbocycles. The summed E-state index contributed by atoms with van der Waals surface area (Å²) in [4.78, 5) is 16.1. The van der Waals surface area contributed by atoms with Crippen molar-refractivity contribution in [3.63, 3.8) is 0 Å². The molecule has 3 rings (SSSR count). The van der Waals surface area contributed by atoms with E-state index in [1.54, 1.807) is 24.4 Å². The second-order valence-corrected chi connectivity index (χ2v) is 3.56. The van der Waals surface area contributed by atoms with Gasteiger partial charge < -0.3 is 4.52 Å². The van der Waals surface area contributed by atoms with Gasteiger partial charge in [-0.2, -0.15) is 10.2 Å². The number of rotatable bonds is 2.